The van der Waals surface area contributed by atoms with Crippen LogP contribution in [-0.4, -0.2) is 59.0 Å². The number of benzene rings is 1. The third-order valence-corrected chi connectivity index (χ3v) is 5.55. The van der Waals surface area contributed by atoms with Gasteiger partial charge in [-0.3, -0.25) is 9.48 Å². The maximum absolute atomic E-state index is 13.5. The molecular formula is C23H32F2N6O4. The Morgan fingerprint density at radius 1 is 1.14 bits per heavy atom. The molecule has 2 aliphatic heterocycles. The lowest BCUT2D eigenvalue weighted by Crippen LogP contribution is -2.34. The Labute approximate surface area is 202 Å². The Morgan fingerprint density at radius 3 is 2.31 bits per heavy atom. The number of amides is 2. The minimum Gasteiger partial charge on any atom is -0.480 e. The van der Waals surface area contributed by atoms with Crippen LogP contribution in [0.5, 0.6) is 5.75 Å². The van der Waals surface area contributed by atoms with Gasteiger partial charge in [0.15, 0.2) is 17.7 Å². The Bertz CT molecular complexity index is 1110. The lowest BCUT2D eigenvalue weighted by molar-refractivity contribution is 0.0295. The summed E-state index contributed by atoms with van der Waals surface area (Å²) in [4.78, 5) is 26.5. The number of nitrogen functional groups attached to an aromatic ring is 1. The Kier molecular flexibility index (Phi) is 7.41. The summed E-state index contributed by atoms with van der Waals surface area (Å²) in [5, 5.41) is 4.17. The number of aromatic nitrogens is 2. The summed E-state index contributed by atoms with van der Waals surface area (Å²) in [6.45, 7) is 7.65. The fourth-order valence-electron chi connectivity index (χ4n) is 3.85. The molecule has 0 aliphatic carbocycles. The molecule has 10 nitrogen and oxygen atoms in total. The number of carbonyl (C=O) groups is 2. The van der Waals surface area contributed by atoms with E-state index >= 15 is 0 Å². The highest BCUT2D eigenvalue weighted by Crippen LogP contribution is 2.39. The molecule has 4 rings (SSSR count). The van der Waals surface area contributed by atoms with E-state index in [1.165, 1.54) is 4.68 Å². The van der Waals surface area contributed by atoms with Gasteiger partial charge in [-0.05, 0) is 33.6 Å². The number of nitrogens with zero attached hydrogens (tertiary/aromatic N) is 4. The molecule has 1 aromatic carbocycles. The van der Waals surface area contributed by atoms with Crippen LogP contribution in [0.15, 0.2) is 12.1 Å². The maximum Gasteiger partial charge on any atom is 0.410 e. The molecule has 0 radical (unpaired) electrons. The van der Waals surface area contributed by atoms with Crippen LogP contribution in [0, 0.1) is 11.6 Å². The Balaban J connectivity index is 0.000000241. The van der Waals surface area contributed by atoms with Gasteiger partial charge >= 0.3 is 6.09 Å². The van der Waals surface area contributed by atoms with Crippen molar-refractivity contribution in [2.45, 2.75) is 45.3 Å². The van der Waals surface area contributed by atoms with Gasteiger partial charge in [-0.2, -0.15) is 5.10 Å². The summed E-state index contributed by atoms with van der Waals surface area (Å²) >= 11 is 0. The van der Waals surface area contributed by atoms with Crippen LogP contribution in [0.1, 0.15) is 55.8 Å². The van der Waals surface area contributed by atoms with E-state index in [4.69, 9.17) is 20.9 Å². The van der Waals surface area contributed by atoms with Crippen molar-refractivity contribution in [3.63, 3.8) is 0 Å². The molecule has 0 saturated carbocycles. The van der Waals surface area contributed by atoms with E-state index in [9.17, 15) is 18.4 Å². The fourth-order valence-corrected chi connectivity index (χ4v) is 3.85. The van der Waals surface area contributed by atoms with E-state index in [1.807, 2.05) is 20.8 Å². The summed E-state index contributed by atoms with van der Waals surface area (Å²) < 4.78 is 39.1. The number of hydrogen-bond acceptors (Lipinski definition) is 7. The number of aryl methyl sites for hydroxylation is 1. The first-order valence-electron chi connectivity index (χ1n) is 11.3. The van der Waals surface area contributed by atoms with Gasteiger partial charge in [0.05, 0.1) is 12.2 Å². The van der Waals surface area contributed by atoms with Crippen LogP contribution < -0.4 is 21.1 Å². The molecule has 4 N–H and O–H groups in total. The molecule has 3 heterocycles. The number of ether oxygens (including phenoxy) is 2. The lowest BCUT2D eigenvalue weighted by Gasteiger charge is -2.33. The number of carbonyl (C=O) groups excluding carboxylic acids is 2. The molecule has 2 aliphatic rings. The van der Waals surface area contributed by atoms with E-state index in [2.05, 4.69) is 5.10 Å². The summed E-state index contributed by atoms with van der Waals surface area (Å²) in [6.07, 6.45) is 1.36. The van der Waals surface area contributed by atoms with Gasteiger partial charge < -0.3 is 30.7 Å². The van der Waals surface area contributed by atoms with Crippen molar-refractivity contribution in [1.82, 2.24) is 14.7 Å². The highest BCUT2D eigenvalue weighted by Gasteiger charge is 2.33. The molecule has 1 unspecified atom stereocenters. The molecule has 1 fully saturated rings. The van der Waals surface area contributed by atoms with Gasteiger partial charge in [0.25, 0.3) is 5.91 Å². The number of fused-ring (bicyclic) bond motifs is 1. The van der Waals surface area contributed by atoms with Crippen LogP contribution in [0.4, 0.5) is 25.1 Å². The molecule has 12 heteroatoms. The fraction of sp³-hybridized carbons (Fsp3) is 0.522. The molecule has 2 amide bonds. The summed E-state index contributed by atoms with van der Waals surface area (Å²) in [5.41, 5.74) is 11.5. The molecule has 0 bridgehead atoms. The molecule has 35 heavy (non-hydrogen) atoms. The highest BCUT2D eigenvalue weighted by atomic mass is 19.2. The number of rotatable bonds is 2. The third-order valence-electron chi connectivity index (χ3n) is 5.55. The number of likely N-dealkylation sites (N-methyl/N-ethyl adjacent to an activating group) is 1. The zero-order chi connectivity index (χ0) is 26.1. The molecule has 2 aromatic rings. The standard InChI is InChI=1S/C14H15F2N5O2.C9H17NO2/c1-20-5-10(12-11(14(18)22)13(17)21(2)19-12)23-9-4-7(16)6(15)3-8(9)20;1-9(2,3)12-8(11)10-6-4-5-7-10/h3-4,10H,5,17H2,1-2H3,(H2,18,22);4-7H2,1-3H3. The first-order valence-corrected chi connectivity index (χ1v) is 11.3. The van der Waals surface area contributed by atoms with Crippen molar-refractivity contribution < 1.29 is 27.8 Å². The number of primary amides is 1. The molecule has 1 aromatic heterocycles. The van der Waals surface area contributed by atoms with Crippen molar-refractivity contribution in [2.75, 3.05) is 37.3 Å². The van der Waals surface area contributed by atoms with E-state index < -0.39 is 23.6 Å². The molecule has 1 saturated heterocycles. The first kappa shape index (κ1) is 26.0. The summed E-state index contributed by atoms with van der Waals surface area (Å²) in [6, 6.07) is 2.02. The summed E-state index contributed by atoms with van der Waals surface area (Å²) in [5.74, 6) is -2.43. The van der Waals surface area contributed by atoms with Gasteiger partial charge in [-0.1, -0.05) is 0 Å². The predicted molar refractivity (Wildman–Crippen MR) is 126 cm³/mol. The van der Waals surface area contributed by atoms with Gasteiger partial charge in [0.1, 0.15) is 28.4 Å². The van der Waals surface area contributed by atoms with E-state index in [0.29, 0.717) is 5.69 Å². The van der Waals surface area contributed by atoms with Crippen LogP contribution in [0.2, 0.25) is 0 Å². The molecule has 192 valence electrons. The molecular weight excluding hydrogens is 462 g/mol. The third kappa shape index (κ3) is 5.92. The quantitative estimate of drug-likeness (QED) is 0.657. The van der Waals surface area contributed by atoms with Gasteiger partial charge in [0, 0.05) is 39.3 Å². The average Bonchev–Trinajstić information content (AvgIpc) is 3.38. The minimum absolute atomic E-state index is 0.0666. The second kappa shape index (κ2) is 9.96. The highest BCUT2D eigenvalue weighted by molar-refractivity contribution is 5.98. The van der Waals surface area contributed by atoms with Gasteiger partial charge in [-0.15, -0.1) is 0 Å². The van der Waals surface area contributed by atoms with Crippen LogP contribution in [0.25, 0.3) is 0 Å². The van der Waals surface area contributed by atoms with E-state index in [0.717, 1.165) is 38.1 Å². The number of nitrogens with two attached hydrogens (primary N) is 2. The zero-order valence-electron chi connectivity index (χ0n) is 20.6. The van der Waals surface area contributed by atoms with E-state index in [-0.39, 0.29) is 41.1 Å². The number of likely N-dealkylation sites (tertiary alicyclic amines) is 1. The SMILES string of the molecule is CC(C)(C)OC(=O)N1CCCC1.CN1CC(c2nn(C)c(N)c2C(N)=O)Oc2cc(F)c(F)cc21. The average molecular weight is 495 g/mol. The Hall–Kier alpha value is -3.57. The smallest absolute Gasteiger partial charge is 0.410 e. The normalized spacial score (nSPS) is 17.3. The minimum atomic E-state index is -1.02. The molecule has 0 spiro atoms. The van der Waals surface area contributed by atoms with Crippen LogP contribution in [-0.2, 0) is 11.8 Å². The van der Waals surface area contributed by atoms with Crippen molar-refractivity contribution in [3.05, 3.63) is 35.0 Å². The summed E-state index contributed by atoms with van der Waals surface area (Å²) in [7, 11) is 3.27. The van der Waals surface area contributed by atoms with Crippen molar-refractivity contribution in [3.8, 4) is 5.75 Å². The second-order valence-electron chi connectivity index (χ2n) is 9.53. The number of hydrogen-bond donors (Lipinski definition) is 2. The lowest BCUT2D eigenvalue weighted by atomic mass is 10.1. The Morgan fingerprint density at radius 2 is 1.74 bits per heavy atom. The van der Waals surface area contributed by atoms with Crippen LogP contribution >= 0.6 is 0 Å². The van der Waals surface area contributed by atoms with Crippen molar-refractivity contribution in [2.24, 2.45) is 12.8 Å². The zero-order valence-corrected chi connectivity index (χ0v) is 20.6. The number of halogens is 2. The molecule has 1 atom stereocenters. The van der Waals surface area contributed by atoms with Gasteiger partial charge in [0.2, 0.25) is 0 Å². The van der Waals surface area contributed by atoms with E-state index in [1.54, 1.807) is 23.9 Å². The topological polar surface area (TPSA) is 129 Å². The monoisotopic (exact) mass is 494 g/mol. The second-order valence-corrected chi connectivity index (χ2v) is 9.53. The maximum atomic E-state index is 13.5. The largest absolute Gasteiger partial charge is 0.480 e. The number of anilines is 2. The van der Waals surface area contributed by atoms with Crippen LogP contribution in [0.3, 0.4) is 0 Å². The first-order chi connectivity index (χ1) is 16.3. The van der Waals surface area contributed by atoms with Crippen molar-refractivity contribution >= 4 is 23.5 Å². The van der Waals surface area contributed by atoms with Gasteiger partial charge in [-0.25, -0.2) is 13.6 Å². The predicted octanol–water partition coefficient (Wildman–Crippen LogP) is 2.97. The van der Waals surface area contributed by atoms with Crippen molar-refractivity contribution in [1.29, 1.82) is 0 Å².